The molecule has 0 aromatic carbocycles. The molecular formula is C39H81NO2. The first-order chi connectivity index (χ1) is 20.6. The van der Waals surface area contributed by atoms with E-state index in [1.165, 1.54) is 186 Å². The lowest BCUT2D eigenvalue weighted by atomic mass is 9.96. The smallest absolute Gasteiger partial charge is 0.0949 e. The predicted molar refractivity (Wildman–Crippen MR) is 188 cm³/mol. The molecule has 0 aromatic heterocycles. The van der Waals surface area contributed by atoms with Gasteiger partial charge in [0.25, 0.3) is 0 Å². The van der Waals surface area contributed by atoms with Crippen LogP contribution < -0.4 is 5.73 Å². The Hall–Kier alpha value is -0.120. The Morgan fingerprint density at radius 2 is 0.548 bits per heavy atom. The molecule has 0 amide bonds. The van der Waals surface area contributed by atoms with Gasteiger partial charge in [-0.05, 0) is 12.8 Å². The molecule has 254 valence electrons. The molecule has 0 saturated heterocycles. The molecule has 0 saturated carbocycles. The summed E-state index contributed by atoms with van der Waals surface area (Å²) >= 11 is 0. The van der Waals surface area contributed by atoms with E-state index in [2.05, 4.69) is 13.8 Å². The van der Waals surface area contributed by atoms with Crippen LogP contribution in [0.3, 0.4) is 0 Å². The van der Waals surface area contributed by atoms with Crippen molar-refractivity contribution in [3.8, 4) is 0 Å². The van der Waals surface area contributed by atoms with E-state index in [1.807, 2.05) is 0 Å². The lowest BCUT2D eigenvalue weighted by Crippen LogP contribution is -2.42. The van der Waals surface area contributed by atoms with Crippen molar-refractivity contribution in [2.24, 2.45) is 5.73 Å². The number of nitrogens with two attached hydrogens (primary N) is 1. The molecule has 42 heavy (non-hydrogen) atoms. The standard InChI is InChI=1S/C39H81NO2/c1-3-5-7-9-11-13-15-17-19-21-23-25-27-29-31-33-35-37(40)39(42)38(41)36-34-32-30-28-26-24-22-20-18-16-14-12-10-8-6-4-2/h37-39,41-42H,3-36,40H2,1-2H3. The molecule has 3 heteroatoms. The van der Waals surface area contributed by atoms with Crippen LogP contribution in [-0.4, -0.2) is 28.5 Å². The topological polar surface area (TPSA) is 66.5 Å². The summed E-state index contributed by atoms with van der Waals surface area (Å²) < 4.78 is 0. The first-order valence-electron chi connectivity index (χ1n) is 19.7. The third-order valence-corrected chi connectivity index (χ3v) is 9.58. The number of aliphatic hydroxyl groups excluding tert-OH is 2. The third kappa shape index (κ3) is 31.3. The summed E-state index contributed by atoms with van der Waals surface area (Å²) in [7, 11) is 0. The maximum Gasteiger partial charge on any atom is 0.0949 e. The first-order valence-corrected chi connectivity index (χ1v) is 19.7. The molecule has 0 fully saturated rings. The van der Waals surface area contributed by atoms with Crippen LogP contribution in [0, 0.1) is 0 Å². The van der Waals surface area contributed by atoms with Crippen LogP contribution >= 0.6 is 0 Å². The van der Waals surface area contributed by atoms with Crippen molar-refractivity contribution in [3.63, 3.8) is 0 Å². The van der Waals surface area contributed by atoms with E-state index in [-0.39, 0.29) is 6.04 Å². The van der Waals surface area contributed by atoms with Gasteiger partial charge in [0.05, 0.1) is 12.2 Å². The van der Waals surface area contributed by atoms with Gasteiger partial charge >= 0.3 is 0 Å². The van der Waals surface area contributed by atoms with Crippen molar-refractivity contribution in [3.05, 3.63) is 0 Å². The lowest BCUT2D eigenvalue weighted by molar-refractivity contribution is -0.00350. The minimum atomic E-state index is -0.766. The summed E-state index contributed by atoms with van der Waals surface area (Å²) in [6, 6.07) is -0.285. The van der Waals surface area contributed by atoms with Crippen LogP contribution in [-0.2, 0) is 0 Å². The predicted octanol–water partition coefficient (Wildman–Crippen LogP) is 12.3. The molecular weight excluding hydrogens is 514 g/mol. The Bertz CT molecular complexity index is 443. The fourth-order valence-corrected chi connectivity index (χ4v) is 6.46. The lowest BCUT2D eigenvalue weighted by Gasteiger charge is -2.24. The van der Waals surface area contributed by atoms with Gasteiger partial charge in [-0.15, -0.1) is 0 Å². The molecule has 0 spiro atoms. The second-order valence-corrected chi connectivity index (χ2v) is 13.9. The van der Waals surface area contributed by atoms with Crippen molar-refractivity contribution >= 4 is 0 Å². The Balaban J connectivity index is 3.38. The van der Waals surface area contributed by atoms with Crippen LogP contribution in [0.5, 0.6) is 0 Å². The van der Waals surface area contributed by atoms with E-state index in [0.29, 0.717) is 6.42 Å². The van der Waals surface area contributed by atoms with Crippen molar-refractivity contribution in [2.45, 2.75) is 250 Å². The second kappa shape index (κ2) is 35.4. The zero-order chi connectivity index (χ0) is 30.8. The minimum Gasteiger partial charge on any atom is -0.390 e. The van der Waals surface area contributed by atoms with E-state index < -0.39 is 12.2 Å². The highest BCUT2D eigenvalue weighted by atomic mass is 16.3. The number of rotatable bonds is 36. The van der Waals surface area contributed by atoms with Gasteiger partial charge in [-0.2, -0.15) is 0 Å². The quantitative estimate of drug-likeness (QED) is 0.0631. The molecule has 0 aliphatic heterocycles. The van der Waals surface area contributed by atoms with Gasteiger partial charge in [0.1, 0.15) is 0 Å². The van der Waals surface area contributed by atoms with Gasteiger partial charge in [0.2, 0.25) is 0 Å². The molecule has 0 aliphatic carbocycles. The number of unbranched alkanes of at least 4 members (excludes halogenated alkanes) is 30. The van der Waals surface area contributed by atoms with Crippen molar-refractivity contribution in [1.29, 1.82) is 0 Å². The normalized spacial score (nSPS) is 13.9. The van der Waals surface area contributed by atoms with E-state index in [1.54, 1.807) is 0 Å². The molecule has 4 N–H and O–H groups in total. The fraction of sp³-hybridized carbons (Fsp3) is 1.00. The number of hydrogen-bond acceptors (Lipinski definition) is 3. The zero-order valence-electron chi connectivity index (χ0n) is 29.2. The SMILES string of the molecule is CCCCCCCCCCCCCCCCCCC(N)C(O)C(O)CCCCCCCCCCCCCCCCCC. The molecule has 0 aliphatic rings. The van der Waals surface area contributed by atoms with Gasteiger partial charge in [-0.25, -0.2) is 0 Å². The van der Waals surface area contributed by atoms with E-state index in [9.17, 15) is 10.2 Å². The first kappa shape index (κ1) is 41.9. The zero-order valence-corrected chi connectivity index (χ0v) is 29.2. The maximum absolute atomic E-state index is 10.5. The van der Waals surface area contributed by atoms with Crippen LogP contribution in [0.25, 0.3) is 0 Å². The van der Waals surface area contributed by atoms with Crippen molar-refractivity contribution in [2.75, 3.05) is 0 Å². The van der Waals surface area contributed by atoms with E-state index in [0.717, 1.165) is 25.7 Å². The minimum absolute atomic E-state index is 0.285. The Labute approximate surface area is 266 Å². The highest BCUT2D eigenvalue weighted by Crippen LogP contribution is 2.18. The number of hydrogen-bond donors (Lipinski definition) is 3. The average Bonchev–Trinajstić information content (AvgIpc) is 3.00. The van der Waals surface area contributed by atoms with Crippen LogP contribution in [0.2, 0.25) is 0 Å². The van der Waals surface area contributed by atoms with Crippen LogP contribution in [0.15, 0.2) is 0 Å². The Morgan fingerprint density at radius 3 is 0.810 bits per heavy atom. The third-order valence-electron chi connectivity index (χ3n) is 9.58. The fourth-order valence-electron chi connectivity index (χ4n) is 6.46. The average molecular weight is 596 g/mol. The molecule has 3 atom stereocenters. The highest BCUT2D eigenvalue weighted by Gasteiger charge is 2.22. The molecule has 0 heterocycles. The van der Waals surface area contributed by atoms with Crippen LogP contribution in [0.1, 0.15) is 232 Å². The summed E-state index contributed by atoms with van der Waals surface area (Å²) in [5.74, 6) is 0. The maximum atomic E-state index is 10.5. The van der Waals surface area contributed by atoms with Gasteiger partial charge in [0, 0.05) is 6.04 Å². The second-order valence-electron chi connectivity index (χ2n) is 13.9. The largest absolute Gasteiger partial charge is 0.390 e. The van der Waals surface area contributed by atoms with Crippen LogP contribution in [0.4, 0.5) is 0 Å². The monoisotopic (exact) mass is 596 g/mol. The van der Waals surface area contributed by atoms with Gasteiger partial charge in [-0.3, -0.25) is 0 Å². The van der Waals surface area contributed by atoms with Gasteiger partial charge in [-0.1, -0.05) is 219 Å². The number of aliphatic hydroxyl groups is 2. The summed E-state index contributed by atoms with van der Waals surface area (Å²) in [5, 5.41) is 20.9. The van der Waals surface area contributed by atoms with E-state index in [4.69, 9.17) is 5.73 Å². The Kier molecular flexibility index (Phi) is 35.3. The van der Waals surface area contributed by atoms with Crippen molar-refractivity contribution in [1.82, 2.24) is 0 Å². The highest BCUT2D eigenvalue weighted by molar-refractivity contribution is 4.78. The van der Waals surface area contributed by atoms with Gasteiger partial charge in [0.15, 0.2) is 0 Å². The molecule has 3 nitrogen and oxygen atoms in total. The summed E-state index contributed by atoms with van der Waals surface area (Å²) in [5.41, 5.74) is 6.23. The molecule has 3 unspecified atom stereocenters. The molecule has 0 rings (SSSR count). The molecule has 0 aromatic rings. The summed E-state index contributed by atoms with van der Waals surface area (Å²) in [6.07, 6.45) is 43.6. The summed E-state index contributed by atoms with van der Waals surface area (Å²) in [4.78, 5) is 0. The molecule has 0 bridgehead atoms. The van der Waals surface area contributed by atoms with Gasteiger partial charge < -0.3 is 15.9 Å². The summed E-state index contributed by atoms with van der Waals surface area (Å²) in [6.45, 7) is 4.58. The molecule has 0 radical (unpaired) electrons. The Morgan fingerprint density at radius 1 is 0.333 bits per heavy atom. The van der Waals surface area contributed by atoms with E-state index >= 15 is 0 Å². The van der Waals surface area contributed by atoms with Crippen molar-refractivity contribution < 1.29 is 10.2 Å².